The zero-order chi connectivity index (χ0) is 21.5. The van der Waals surface area contributed by atoms with E-state index in [-0.39, 0.29) is 22.6 Å². The first-order valence-electron chi connectivity index (χ1n) is 9.92. The van der Waals surface area contributed by atoms with Crippen LogP contribution in [0.1, 0.15) is 12.5 Å². The molecule has 1 saturated heterocycles. The predicted octanol–water partition coefficient (Wildman–Crippen LogP) is 3.92. The maximum atomic E-state index is 13.2. The second kappa shape index (κ2) is 10.8. The third kappa shape index (κ3) is 6.20. The summed E-state index contributed by atoms with van der Waals surface area (Å²) in [6, 6.07) is 12.3. The van der Waals surface area contributed by atoms with Crippen molar-refractivity contribution in [3.05, 3.63) is 58.9 Å². The van der Waals surface area contributed by atoms with Crippen LogP contribution in [-0.2, 0) is 16.0 Å². The lowest BCUT2D eigenvalue weighted by Gasteiger charge is -2.34. The van der Waals surface area contributed by atoms with E-state index < -0.39 is 5.82 Å². The van der Waals surface area contributed by atoms with Gasteiger partial charge < -0.3 is 10.2 Å². The summed E-state index contributed by atoms with van der Waals surface area (Å²) < 4.78 is 13.2. The van der Waals surface area contributed by atoms with Crippen molar-refractivity contribution in [1.29, 1.82) is 0 Å². The van der Waals surface area contributed by atoms with E-state index in [1.165, 1.54) is 23.9 Å². The molecule has 3 rings (SSSR count). The lowest BCUT2D eigenvalue weighted by molar-refractivity contribution is -0.130. The summed E-state index contributed by atoms with van der Waals surface area (Å²) in [6.45, 7) is 4.85. The molecule has 1 heterocycles. The van der Waals surface area contributed by atoms with Crippen molar-refractivity contribution in [3.8, 4) is 0 Å². The van der Waals surface area contributed by atoms with Gasteiger partial charge in [-0.25, -0.2) is 4.39 Å². The molecule has 1 aliphatic rings. The van der Waals surface area contributed by atoms with E-state index in [0.29, 0.717) is 32.7 Å². The summed E-state index contributed by atoms with van der Waals surface area (Å²) in [5, 5.41) is 3.04. The van der Waals surface area contributed by atoms with Crippen molar-refractivity contribution in [2.24, 2.45) is 0 Å². The molecule has 1 N–H and O–H groups in total. The highest BCUT2D eigenvalue weighted by atomic mass is 35.5. The van der Waals surface area contributed by atoms with Crippen molar-refractivity contribution in [1.82, 2.24) is 9.80 Å². The van der Waals surface area contributed by atoms with E-state index >= 15 is 0 Å². The van der Waals surface area contributed by atoms with Crippen molar-refractivity contribution in [2.45, 2.75) is 18.2 Å². The van der Waals surface area contributed by atoms with Gasteiger partial charge in [0.15, 0.2) is 0 Å². The number of anilines is 1. The zero-order valence-corrected chi connectivity index (χ0v) is 18.4. The number of nitrogens with zero attached hydrogens (tertiary/aromatic N) is 2. The maximum absolute atomic E-state index is 13.2. The molecule has 0 aliphatic carbocycles. The predicted molar refractivity (Wildman–Crippen MR) is 120 cm³/mol. The number of aryl methyl sites for hydroxylation is 1. The number of halogens is 2. The molecule has 0 radical (unpaired) electrons. The summed E-state index contributed by atoms with van der Waals surface area (Å²) in [5.41, 5.74) is 1.97. The quantitative estimate of drug-likeness (QED) is 0.651. The van der Waals surface area contributed by atoms with Crippen molar-refractivity contribution in [2.75, 3.05) is 43.8 Å². The lowest BCUT2D eigenvalue weighted by atomic mass is 10.1. The third-order valence-corrected chi connectivity index (χ3v) is 6.29. The number of amides is 2. The Labute approximate surface area is 185 Å². The number of carbonyl (C=O) groups excluding carboxylic acids is 2. The smallest absolute Gasteiger partial charge is 0.238 e. The Hall–Kier alpha value is -2.09. The minimum Gasteiger partial charge on any atom is -0.339 e. The van der Waals surface area contributed by atoms with Crippen molar-refractivity contribution in [3.63, 3.8) is 0 Å². The molecule has 1 aliphatic heterocycles. The molecule has 0 bridgehead atoms. The Morgan fingerprint density at radius 3 is 2.57 bits per heavy atom. The number of piperazine rings is 1. The topological polar surface area (TPSA) is 52.7 Å². The summed E-state index contributed by atoms with van der Waals surface area (Å²) in [6.07, 6.45) is 0.860. The van der Waals surface area contributed by atoms with E-state index in [2.05, 4.69) is 17.1 Å². The van der Waals surface area contributed by atoms with Gasteiger partial charge in [0.05, 0.1) is 17.3 Å². The van der Waals surface area contributed by atoms with E-state index in [1.54, 1.807) is 11.0 Å². The van der Waals surface area contributed by atoms with Crippen LogP contribution in [0.2, 0.25) is 5.02 Å². The molecule has 160 valence electrons. The lowest BCUT2D eigenvalue weighted by Crippen LogP contribution is -2.50. The first-order valence-corrected chi connectivity index (χ1v) is 11.3. The molecule has 8 heteroatoms. The number of hydrogen-bond donors (Lipinski definition) is 1. The number of hydrogen-bond acceptors (Lipinski definition) is 4. The largest absolute Gasteiger partial charge is 0.339 e. The number of nitrogens with one attached hydrogen (secondary N) is 1. The Morgan fingerprint density at radius 2 is 1.87 bits per heavy atom. The summed E-state index contributed by atoms with van der Waals surface area (Å²) in [7, 11) is 0. The molecule has 0 unspecified atom stereocenters. The normalized spacial score (nSPS) is 14.6. The minimum absolute atomic E-state index is 0.0291. The van der Waals surface area contributed by atoms with Crippen LogP contribution in [0.3, 0.4) is 0 Å². The molecule has 0 saturated carbocycles. The first kappa shape index (κ1) is 22.6. The van der Waals surface area contributed by atoms with Crippen LogP contribution in [0.15, 0.2) is 47.4 Å². The van der Waals surface area contributed by atoms with Crippen molar-refractivity contribution < 1.29 is 14.0 Å². The third-order valence-electron chi connectivity index (χ3n) is 5.02. The summed E-state index contributed by atoms with van der Waals surface area (Å²) in [4.78, 5) is 29.5. The number of para-hydroxylation sites is 1. The Bertz CT molecular complexity index is 904. The number of rotatable bonds is 7. The van der Waals surface area contributed by atoms with Crippen LogP contribution in [0.25, 0.3) is 0 Å². The van der Waals surface area contributed by atoms with Gasteiger partial charge in [-0.2, -0.15) is 0 Å². The fraction of sp³-hybridized carbons (Fsp3) is 0.364. The second-order valence-electron chi connectivity index (χ2n) is 7.08. The highest BCUT2D eigenvalue weighted by Crippen LogP contribution is 2.24. The molecular weight excluding hydrogens is 425 g/mol. The second-order valence-corrected chi connectivity index (χ2v) is 8.54. The molecule has 0 atom stereocenters. The van der Waals surface area contributed by atoms with Gasteiger partial charge in [-0.05, 0) is 36.2 Å². The molecular formula is C22H25ClFN3O2S. The Morgan fingerprint density at radius 1 is 1.13 bits per heavy atom. The molecule has 30 heavy (non-hydrogen) atoms. The van der Waals surface area contributed by atoms with Crippen LogP contribution < -0.4 is 5.32 Å². The minimum atomic E-state index is -0.467. The number of carbonyl (C=O) groups is 2. The molecule has 2 aromatic rings. The van der Waals surface area contributed by atoms with E-state index in [1.807, 2.05) is 24.3 Å². The molecule has 0 aromatic heterocycles. The van der Waals surface area contributed by atoms with Gasteiger partial charge in [0, 0.05) is 36.8 Å². The van der Waals surface area contributed by atoms with Crippen LogP contribution >= 0.6 is 23.4 Å². The fourth-order valence-electron chi connectivity index (χ4n) is 3.30. The Kier molecular flexibility index (Phi) is 8.13. The highest BCUT2D eigenvalue weighted by molar-refractivity contribution is 8.00. The SMILES string of the molecule is CCc1ccccc1NC(=O)CN1CCN(C(=O)CSc2ccc(F)c(Cl)c2)CC1. The van der Waals surface area contributed by atoms with Gasteiger partial charge >= 0.3 is 0 Å². The van der Waals surface area contributed by atoms with Crippen LogP contribution in [0.5, 0.6) is 0 Å². The molecule has 2 aromatic carbocycles. The van der Waals surface area contributed by atoms with Gasteiger partial charge in [-0.15, -0.1) is 11.8 Å². The summed E-state index contributed by atoms with van der Waals surface area (Å²) in [5.74, 6) is -0.206. The summed E-state index contributed by atoms with van der Waals surface area (Å²) >= 11 is 7.12. The van der Waals surface area contributed by atoms with Crippen LogP contribution in [0.4, 0.5) is 10.1 Å². The number of thioether (sulfide) groups is 1. The zero-order valence-electron chi connectivity index (χ0n) is 16.9. The van der Waals surface area contributed by atoms with E-state index in [0.717, 1.165) is 22.6 Å². The standard InChI is InChI=1S/C22H25ClFN3O2S/c1-2-16-5-3-4-6-20(16)25-21(28)14-26-9-11-27(12-10-26)22(29)15-30-17-7-8-19(24)18(23)13-17/h3-8,13H,2,9-12,14-15H2,1H3,(H,25,28). The highest BCUT2D eigenvalue weighted by Gasteiger charge is 2.22. The monoisotopic (exact) mass is 449 g/mol. The molecule has 2 amide bonds. The van der Waals surface area contributed by atoms with Gasteiger partial charge in [-0.1, -0.05) is 36.7 Å². The average Bonchev–Trinajstić information content (AvgIpc) is 2.75. The van der Waals surface area contributed by atoms with Gasteiger partial charge in [0.25, 0.3) is 0 Å². The first-order chi connectivity index (χ1) is 14.5. The Balaban J connectivity index is 1.42. The van der Waals surface area contributed by atoms with Crippen molar-refractivity contribution >= 4 is 40.9 Å². The fourth-order valence-corrected chi connectivity index (χ4v) is 4.39. The number of benzene rings is 2. The molecule has 1 fully saturated rings. The van der Waals surface area contributed by atoms with E-state index in [4.69, 9.17) is 11.6 Å². The van der Waals surface area contributed by atoms with E-state index in [9.17, 15) is 14.0 Å². The average molecular weight is 450 g/mol. The van der Waals surface area contributed by atoms with Crippen LogP contribution in [0, 0.1) is 5.82 Å². The molecule has 0 spiro atoms. The van der Waals surface area contributed by atoms with Gasteiger partial charge in [-0.3, -0.25) is 14.5 Å². The molecule has 5 nitrogen and oxygen atoms in total. The van der Waals surface area contributed by atoms with Gasteiger partial charge in [0.2, 0.25) is 11.8 Å². The van der Waals surface area contributed by atoms with Gasteiger partial charge in [0.1, 0.15) is 5.82 Å². The maximum Gasteiger partial charge on any atom is 0.238 e. The van der Waals surface area contributed by atoms with Crippen LogP contribution in [-0.4, -0.2) is 60.1 Å².